The van der Waals surface area contributed by atoms with Gasteiger partial charge in [-0.2, -0.15) is 4.31 Å². The maximum absolute atomic E-state index is 13.1. The minimum atomic E-state index is -3.68. The summed E-state index contributed by atoms with van der Waals surface area (Å²) in [5.74, 6) is 0.103. The highest BCUT2D eigenvalue weighted by Crippen LogP contribution is 2.33. The van der Waals surface area contributed by atoms with E-state index >= 15 is 0 Å². The predicted octanol–water partition coefficient (Wildman–Crippen LogP) is 3.17. The lowest BCUT2D eigenvalue weighted by Crippen LogP contribution is -2.45. The molecule has 0 aliphatic carbocycles. The van der Waals surface area contributed by atoms with Gasteiger partial charge in [0.1, 0.15) is 16.4 Å². The lowest BCUT2D eigenvalue weighted by molar-refractivity contribution is -0.122. The number of sulfonamides is 1. The van der Waals surface area contributed by atoms with E-state index in [9.17, 15) is 17.6 Å². The summed E-state index contributed by atoms with van der Waals surface area (Å²) in [4.78, 5) is 12.6. The molecule has 1 aromatic carbocycles. The molecular formula is C21H28FN3O4S. The molecule has 0 unspecified atom stereocenters. The van der Waals surface area contributed by atoms with E-state index in [4.69, 9.17) is 4.52 Å². The molecule has 3 rings (SSSR count). The molecule has 1 N–H and O–H groups in total. The van der Waals surface area contributed by atoms with Gasteiger partial charge in [0.2, 0.25) is 15.9 Å². The number of carbonyl (C=O) groups is 1. The van der Waals surface area contributed by atoms with E-state index < -0.39 is 10.0 Å². The molecule has 7 nitrogen and oxygen atoms in total. The zero-order chi connectivity index (χ0) is 21.9. The molecule has 0 bridgehead atoms. The van der Waals surface area contributed by atoms with Crippen LogP contribution in [-0.4, -0.2) is 36.9 Å². The Morgan fingerprint density at radius 1 is 1.27 bits per heavy atom. The molecule has 0 saturated carbocycles. The number of carbonyl (C=O) groups excluding carboxylic acids is 1. The van der Waals surface area contributed by atoms with Gasteiger partial charge < -0.3 is 9.84 Å². The molecule has 1 amide bonds. The molecular weight excluding hydrogens is 409 g/mol. The van der Waals surface area contributed by atoms with Crippen LogP contribution in [0.5, 0.6) is 0 Å². The molecule has 30 heavy (non-hydrogen) atoms. The smallest absolute Gasteiger partial charge is 0.248 e. The van der Waals surface area contributed by atoms with E-state index in [2.05, 4.69) is 10.5 Å². The second-order valence-corrected chi connectivity index (χ2v) is 9.72. The first-order chi connectivity index (χ1) is 14.2. The van der Waals surface area contributed by atoms with Gasteiger partial charge in [0, 0.05) is 26.1 Å². The zero-order valence-electron chi connectivity index (χ0n) is 17.5. The fourth-order valence-electron chi connectivity index (χ4n) is 4.08. The van der Waals surface area contributed by atoms with Crippen molar-refractivity contribution < 1.29 is 22.1 Å². The van der Waals surface area contributed by atoms with E-state index in [1.807, 2.05) is 6.92 Å². The normalized spacial score (nSPS) is 20.3. The molecule has 164 valence electrons. The van der Waals surface area contributed by atoms with Crippen LogP contribution in [0.4, 0.5) is 4.39 Å². The highest BCUT2D eigenvalue weighted by Gasteiger charge is 2.38. The van der Waals surface area contributed by atoms with Crippen molar-refractivity contribution in [3.8, 4) is 0 Å². The summed E-state index contributed by atoms with van der Waals surface area (Å²) in [6.07, 6.45) is 1.74. The summed E-state index contributed by atoms with van der Waals surface area (Å²) in [6, 6.07) is 6.01. The number of amides is 1. The zero-order valence-corrected chi connectivity index (χ0v) is 18.3. The Kier molecular flexibility index (Phi) is 6.92. The molecule has 0 radical (unpaired) electrons. The third-order valence-electron chi connectivity index (χ3n) is 5.79. The number of halogens is 1. The fourth-order valence-corrected chi connectivity index (χ4v) is 5.88. The Morgan fingerprint density at radius 2 is 1.97 bits per heavy atom. The molecule has 9 heteroatoms. The van der Waals surface area contributed by atoms with Crippen LogP contribution in [0.15, 0.2) is 33.7 Å². The Hall–Kier alpha value is -2.26. The highest BCUT2D eigenvalue weighted by molar-refractivity contribution is 7.89. The van der Waals surface area contributed by atoms with E-state index in [-0.39, 0.29) is 28.5 Å². The van der Waals surface area contributed by atoms with E-state index in [0.717, 1.165) is 12.0 Å². The van der Waals surface area contributed by atoms with Crippen LogP contribution in [0.25, 0.3) is 0 Å². The van der Waals surface area contributed by atoms with E-state index in [1.165, 1.54) is 16.4 Å². The van der Waals surface area contributed by atoms with Crippen molar-refractivity contribution in [2.75, 3.05) is 13.1 Å². The van der Waals surface area contributed by atoms with Crippen molar-refractivity contribution in [1.29, 1.82) is 0 Å². The number of hydrogen-bond donors (Lipinski definition) is 1. The van der Waals surface area contributed by atoms with Crippen LogP contribution >= 0.6 is 0 Å². The first kappa shape index (κ1) is 22.4. The average molecular weight is 438 g/mol. The van der Waals surface area contributed by atoms with Crippen LogP contribution in [0.2, 0.25) is 0 Å². The monoisotopic (exact) mass is 437 g/mol. The molecule has 1 saturated heterocycles. The summed E-state index contributed by atoms with van der Waals surface area (Å²) in [7, 11) is -3.68. The molecule has 1 aliphatic rings. The minimum absolute atomic E-state index is 0.0789. The highest BCUT2D eigenvalue weighted by atomic mass is 32.2. The number of rotatable bonds is 7. The molecule has 1 aromatic heterocycles. The topological polar surface area (TPSA) is 92.5 Å². The first-order valence-corrected chi connectivity index (χ1v) is 11.6. The number of nitrogens with zero attached hydrogens (tertiary/aromatic N) is 2. The van der Waals surface area contributed by atoms with Crippen molar-refractivity contribution >= 4 is 15.9 Å². The number of benzene rings is 1. The number of hydrogen-bond acceptors (Lipinski definition) is 5. The van der Waals surface area contributed by atoms with Crippen LogP contribution in [0.3, 0.4) is 0 Å². The van der Waals surface area contributed by atoms with Crippen molar-refractivity contribution in [3.05, 3.63) is 47.1 Å². The third-order valence-corrected chi connectivity index (χ3v) is 7.91. The number of piperidine rings is 1. The van der Waals surface area contributed by atoms with Crippen molar-refractivity contribution in [1.82, 2.24) is 14.8 Å². The van der Waals surface area contributed by atoms with Gasteiger partial charge in [-0.05, 0) is 49.8 Å². The Labute approximate surface area is 176 Å². The number of aryl methyl sites for hydroxylation is 2. The second kappa shape index (κ2) is 9.26. The average Bonchev–Trinajstić information content (AvgIpc) is 3.06. The number of nitrogens with one attached hydrogen (secondary N) is 1. The summed E-state index contributed by atoms with van der Waals surface area (Å²) < 4.78 is 45.7. The van der Waals surface area contributed by atoms with Gasteiger partial charge in [-0.3, -0.25) is 4.79 Å². The van der Waals surface area contributed by atoms with Crippen molar-refractivity contribution in [3.63, 3.8) is 0 Å². The van der Waals surface area contributed by atoms with Crippen LogP contribution in [-0.2, 0) is 21.4 Å². The van der Waals surface area contributed by atoms with Gasteiger partial charge in [0.15, 0.2) is 5.76 Å². The maximum Gasteiger partial charge on any atom is 0.248 e. The Balaban J connectivity index is 1.60. The molecule has 1 fully saturated rings. The molecule has 2 heterocycles. The van der Waals surface area contributed by atoms with E-state index in [1.54, 1.807) is 26.0 Å². The maximum atomic E-state index is 13.1. The fraction of sp³-hybridized carbons (Fsp3) is 0.524. The lowest BCUT2D eigenvalue weighted by Gasteiger charge is -2.37. The lowest BCUT2D eigenvalue weighted by atomic mass is 9.82. The van der Waals surface area contributed by atoms with Crippen molar-refractivity contribution in [2.24, 2.45) is 11.8 Å². The summed E-state index contributed by atoms with van der Waals surface area (Å²) in [5, 5.41) is 6.64. The second-order valence-electron chi connectivity index (χ2n) is 7.84. The number of aromatic nitrogens is 1. The van der Waals surface area contributed by atoms with Crippen molar-refractivity contribution in [2.45, 2.75) is 51.5 Å². The summed E-state index contributed by atoms with van der Waals surface area (Å²) >= 11 is 0. The Morgan fingerprint density at radius 3 is 2.57 bits per heavy atom. The quantitative estimate of drug-likeness (QED) is 0.718. The standard InChI is InChI=1S/C21H28FN3O4S/c1-4-17-13-25(30(27,28)21-14(2)24-29-15(21)3)10-9-18(17)11-20(26)23-12-16-5-7-19(22)8-6-16/h5-8,17-18H,4,9-13H2,1-3H3,(H,23,26)/t17-,18-/m0/s1. The van der Waals surface area contributed by atoms with Crippen LogP contribution < -0.4 is 5.32 Å². The molecule has 0 spiro atoms. The SMILES string of the molecule is CC[C@H]1CN(S(=O)(=O)c2c(C)noc2C)CC[C@H]1CC(=O)NCc1ccc(F)cc1. The third kappa shape index (κ3) is 4.89. The Bertz CT molecular complexity index is 969. The van der Waals surface area contributed by atoms with Crippen LogP contribution in [0.1, 0.15) is 43.2 Å². The molecule has 1 aliphatic heterocycles. The van der Waals surface area contributed by atoms with Gasteiger partial charge in [0.05, 0.1) is 0 Å². The summed E-state index contributed by atoms with van der Waals surface area (Å²) in [6.45, 7) is 6.31. The van der Waals surface area contributed by atoms with Gasteiger partial charge in [-0.1, -0.05) is 30.6 Å². The molecule has 2 aromatic rings. The van der Waals surface area contributed by atoms with E-state index in [0.29, 0.717) is 43.9 Å². The van der Waals surface area contributed by atoms with Crippen LogP contribution in [0, 0.1) is 31.5 Å². The molecule has 2 atom stereocenters. The van der Waals surface area contributed by atoms with Gasteiger partial charge in [-0.25, -0.2) is 12.8 Å². The largest absolute Gasteiger partial charge is 0.360 e. The first-order valence-electron chi connectivity index (χ1n) is 10.2. The van der Waals surface area contributed by atoms with Gasteiger partial charge in [-0.15, -0.1) is 0 Å². The minimum Gasteiger partial charge on any atom is -0.360 e. The van der Waals surface area contributed by atoms with Gasteiger partial charge in [0.25, 0.3) is 0 Å². The van der Waals surface area contributed by atoms with Gasteiger partial charge >= 0.3 is 0 Å². The summed E-state index contributed by atoms with van der Waals surface area (Å²) in [5.41, 5.74) is 1.19. The predicted molar refractivity (Wildman–Crippen MR) is 109 cm³/mol.